The van der Waals surface area contributed by atoms with Crippen LogP contribution >= 0.6 is 0 Å². The van der Waals surface area contributed by atoms with E-state index in [1.54, 1.807) is 12.1 Å². The maximum Gasteiger partial charge on any atom is 0.352 e. The molecule has 1 aliphatic heterocycles. The lowest BCUT2D eigenvalue weighted by Crippen LogP contribution is -2.18. The zero-order valence-corrected chi connectivity index (χ0v) is 12.0. The molecule has 0 amide bonds. The average molecular weight is 311 g/mol. The first kappa shape index (κ1) is 14.7. The minimum absolute atomic E-state index is 0.0327. The number of hydrogen-bond donors (Lipinski definition) is 1. The number of hydrogen-bond acceptors (Lipinski definition) is 5. The summed E-state index contributed by atoms with van der Waals surface area (Å²) in [5.41, 5.74) is 1.36. The second-order valence-electron chi connectivity index (χ2n) is 5.10. The molecule has 0 bridgehead atoms. The van der Waals surface area contributed by atoms with Crippen molar-refractivity contribution in [3.8, 4) is 0 Å². The lowest BCUT2D eigenvalue weighted by molar-refractivity contribution is -0.384. The highest BCUT2D eigenvalue weighted by molar-refractivity contribution is 6.36. The zero-order valence-electron chi connectivity index (χ0n) is 12.0. The van der Waals surface area contributed by atoms with E-state index in [-0.39, 0.29) is 23.9 Å². The van der Waals surface area contributed by atoms with Crippen LogP contribution in [0.1, 0.15) is 18.0 Å². The van der Waals surface area contributed by atoms with Crippen LogP contribution in [0.15, 0.2) is 59.7 Å². The van der Waals surface area contributed by atoms with Gasteiger partial charge in [0.2, 0.25) is 0 Å². The predicted octanol–water partition coefficient (Wildman–Crippen LogP) is 2.99. The smallest absolute Gasteiger partial charge is 0.352 e. The van der Waals surface area contributed by atoms with Crippen LogP contribution in [0.5, 0.6) is 0 Å². The Balaban J connectivity index is 2.03. The fourth-order valence-corrected chi connectivity index (χ4v) is 2.56. The topological polar surface area (TPSA) is 96.0 Å². The average Bonchev–Trinajstić information content (AvgIpc) is 3.01. The third-order valence-electron chi connectivity index (χ3n) is 3.65. The Hall–Kier alpha value is -3.22. The number of hydrazone groups is 1. The first-order chi connectivity index (χ1) is 11.1. The van der Waals surface area contributed by atoms with Gasteiger partial charge < -0.3 is 5.11 Å². The van der Waals surface area contributed by atoms with E-state index in [4.69, 9.17) is 0 Å². The number of anilines is 1. The fourth-order valence-electron chi connectivity index (χ4n) is 2.56. The summed E-state index contributed by atoms with van der Waals surface area (Å²) < 4.78 is 0. The second-order valence-corrected chi connectivity index (χ2v) is 5.10. The van der Waals surface area contributed by atoms with Gasteiger partial charge in [-0.05, 0) is 11.6 Å². The number of non-ortho nitro benzene ring substituents is 1. The molecule has 0 saturated heterocycles. The minimum atomic E-state index is -1.08. The molecular formula is C16H13N3O4. The molecule has 7 heteroatoms. The number of carboxylic acid groups (broad SMARTS) is 1. The zero-order chi connectivity index (χ0) is 16.4. The van der Waals surface area contributed by atoms with Gasteiger partial charge in [-0.3, -0.25) is 15.1 Å². The SMILES string of the molecule is O=C(O)C1=NN(c2cccc([N+](=O)[O-])c2)[C@@H](c2ccccc2)C1. The van der Waals surface area contributed by atoms with Crippen LogP contribution < -0.4 is 5.01 Å². The molecule has 0 spiro atoms. The lowest BCUT2D eigenvalue weighted by atomic mass is 10.0. The van der Waals surface area contributed by atoms with Crippen molar-refractivity contribution in [2.75, 3.05) is 5.01 Å². The van der Waals surface area contributed by atoms with Gasteiger partial charge in [-0.25, -0.2) is 4.79 Å². The summed E-state index contributed by atoms with van der Waals surface area (Å²) in [6.07, 6.45) is 0.238. The van der Waals surface area contributed by atoms with Gasteiger partial charge in [0.25, 0.3) is 5.69 Å². The monoisotopic (exact) mass is 311 g/mol. The Labute approximate surface area is 131 Å². The molecule has 0 aliphatic carbocycles. The van der Waals surface area contributed by atoms with Gasteiger partial charge in [-0.1, -0.05) is 36.4 Å². The molecule has 1 N–H and O–H groups in total. The number of aliphatic carboxylic acids is 1. The summed E-state index contributed by atoms with van der Waals surface area (Å²) in [4.78, 5) is 21.7. The van der Waals surface area contributed by atoms with Crippen LogP contribution in [0.4, 0.5) is 11.4 Å². The molecule has 1 aliphatic rings. The number of rotatable bonds is 4. The van der Waals surface area contributed by atoms with Gasteiger partial charge in [0.05, 0.1) is 16.7 Å². The molecule has 116 valence electrons. The quantitative estimate of drug-likeness (QED) is 0.691. The van der Waals surface area contributed by atoms with Gasteiger partial charge in [0, 0.05) is 18.6 Å². The van der Waals surface area contributed by atoms with Crippen LogP contribution in [0.25, 0.3) is 0 Å². The number of nitro benzene ring substituents is 1. The standard InChI is InChI=1S/C16H13N3O4/c20-16(21)14-10-15(11-5-2-1-3-6-11)18(17-14)12-7-4-8-13(9-12)19(22)23/h1-9,15H,10H2,(H,20,21)/t15-/m1/s1. The van der Waals surface area contributed by atoms with E-state index < -0.39 is 10.9 Å². The van der Waals surface area contributed by atoms with Crippen LogP contribution in [-0.4, -0.2) is 21.7 Å². The molecule has 7 nitrogen and oxygen atoms in total. The highest BCUT2D eigenvalue weighted by atomic mass is 16.6. The molecule has 0 unspecified atom stereocenters. The van der Waals surface area contributed by atoms with Gasteiger partial charge >= 0.3 is 5.97 Å². The molecule has 3 rings (SSSR count). The summed E-state index contributed by atoms with van der Waals surface area (Å²) in [7, 11) is 0. The van der Waals surface area contributed by atoms with Crippen molar-refractivity contribution in [2.45, 2.75) is 12.5 Å². The van der Waals surface area contributed by atoms with Crippen LogP contribution in [-0.2, 0) is 4.79 Å². The van der Waals surface area contributed by atoms with Gasteiger partial charge in [-0.15, -0.1) is 0 Å². The summed E-state index contributed by atoms with van der Waals surface area (Å²) >= 11 is 0. The van der Waals surface area contributed by atoms with Crippen molar-refractivity contribution in [3.05, 3.63) is 70.3 Å². The number of nitro groups is 1. The van der Waals surface area contributed by atoms with E-state index in [9.17, 15) is 20.0 Å². The third kappa shape index (κ3) is 2.89. The first-order valence-corrected chi connectivity index (χ1v) is 6.95. The van der Waals surface area contributed by atoms with Crippen molar-refractivity contribution < 1.29 is 14.8 Å². The van der Waals surface area contributed by atoms with Gasteiger partial charge in [-0.2, -0.15) is 5.10 Å². The highest BCUT2D eigenvalue weighted by Crippen LogP contribution is 2.36. The first-order valence-electron chi connectivity index (χ1n) is 6.95. The summed E-state index contributed by atoms with van der Waals surface area (Å²) in [6.45, 7) is 0. The van der Waals surface area contributed by atoms with E-state index in [0.717, 1.165) is 5.56 Å². The van der Waals surface area contributed by atoms with Crippen molar-refractivity contribution in [2.24, 2.45) is 5.10 Å². The van der Waals surface area contributed by atoms with E-state index in [0.29, 0.717) is 5.69 Å². The summed E-state index contributed by atoms with van der Waals surface area (Å²) in [5.74, 6) is -1.08. The summed E-state index contributed by atoms with van der Waals surface area (Å²) in [5, 5.41) is 25.8. The largest absolute Gasteiger partial charge is 0.477 e. The molecule has 0 fully saturated rings. The maximum atomic E-state index is 11.3. The third-order valence-corrected chi connectivity index (χ3v) is 3.65. The molecule has 0 radical (unpaired) electrons. The summed E-state index contributed by atoms with van der Waals surface area (Å²) in [6, 6.07) is 15.1. The Morgan fingerprint density at radius 3 is 2.61 bits per heavy atom. The molecule has 23 heavy (non-hydrogen) atoms. The van der Waals surface area contributed by atoms with Crippen molar-refractivity contribution in [1.29, 1.82) is 0 Å². The van der Waals surface area contributed by atoms with Gasteiger partial charge in [0.15, 0.2) is 0 Å². The molecule has 2 aromatic carbocycles. The van der Waals surface area contributed by atoms with E-state index in [1.165, 1.54) is 17.1 Å². The van der Waals surface area contributed by atoms with Crippen molar-refractivity contribution >= 4 is 23.1 Å². The van der Waals surface area contributed by atoms with Crippen LogP contribution in [0.2, 0.25) is 0 Å². The fraction of sp³-hybridized carbons (Fsp3) is 0.125. The highest BCUT2D eigenvalue weighted by Gasteiger charge is 2.32. The molecule has 0 aromatic heterocycles. The Morgan fingerprint density at radius 2 is 1.96 bits per heavy atom. The van der Waals surface area contributed by atoms with Crippen molar-refractivity contribution in [1.82, 2.24) is 0 Å². The Bertz CT molecular complexity index is 789. The molecule has 1 heterocycles. The van der Waals surface area contributed by atoms with Gasteiger partial charge in [0.1, 0.15) is 5.71 Å². The van der Waals surface area contributed by atoms with E-state index in [1.807, 2.05) is 30.3 Å². The number of nitrogens with zero attached hydrogens (tertiary/aromatic N) is 3. The lowest BCUT2D eigenvalue weighted by Gasteiger charge is -2.23. The number of benzene rings is 2. The van der Waals surface area contributed by atoms with Crippen LogP contribution in [0.3, 0.4) is 0 Å². The maximum absolute atomic E-state index is 11.3. The molecular weight excluding hydrogens is 298 g/mol. The Morgan fingerprint density at radius 1 is 1.22 bits per heavy atom. The molecule has 0 saturated carbocycles. The predicted molar refractivity (Wildman–Crippen MR) is 84.4 cm³/mol. The van der Waals surface area contributed by atoms with E-state index in [2.05, 4.69) is 5.10 Å². The second kappa shape index (κ2) is 5.88. The molecule has 1 atom stereocenters. The normalized spacial score (nSPS) is 17.0. The number of carboxylic acids is 1. The van der Waals surface area contributed by atoms with Crippen molar-refractivity contribution in [3.63, 3.8) is 0 Å². The molecule has 2 aromatic rings. The Kier molecular flexibility index (Phi) is 3.76. The number of carbonyl (C=O) groups is 1. The van der Waals surface area contributed by atoms with E-state index >= 15 is 0 Å². The minimum Gasteiger partial charge on any atom is -0.477 e. The van der Waals surface area contributed by atoms with Crippen LogP contribution in [0, 0.1) is 10.1 Å².